The van der Waals surface area contributed by atoms with E-state index < -0.39 is 18.5 Å². The molecular formula is C25H25NO5. The number of aryl methyl sites for hydroxylation is 1. The number of hydrogen-bond acceptors (Lipinski definition) is 5. The minimum Gasteiger partial charge on any atom is -0.497 e. The van der Waals surface area contributed by atoms with Crippen LogP contribution in [0, 0.1) is 6.92 Å². The quantitative estimate of drug-likeness (QED) is 0.534. The van der Waals surface area contributed by atoms with Crippen molar-refractivity contribution in [3.05, 3.63) is 95.6 Å². The monoisotopic (exact) mass is 419 g/mol. The van der Waals surface area contributed by atoms with Crippen LogP contribution in [0.5, 0.6) is 11.5 Å². The van der Waals surface area contributed by atoms with Crippen molar-refractivity contribution in [1.82, 2.24) is 5.32 Å². The molecule has 0 radical (unpaired) electrons. The van der Waals surface area contributed by atoms with Gasteiger partial charge in [-0.3, -0.25) is 4.79 Å². The molecule has 0 aliphatic rings. The Morgan fingerprint density at radius 2 is 1.55 bits per heavy atom. The third-order valence-electron chi connectivity index (χ3n) is 4.60. The highest BCUT2D eigenvalue weighted by Gasteiger charge is 2.18. The van der Waals surface area contributed by atoms with Gasteiger partial charge in [-0.2, -0.15) is 0 Å². The SMILES string of the molecule is COc1ccc([C@@H](NC(=O)COC(=O)COc2cccc(C)c2)c2ccccc2)cc1. The van der Waals surface area contributed by atoms with E-state index in [4.69, 9.17) is 14.2 Å². The maximum Gasteiger partial charge on any atom is 0.344 e. The molecule has 1 N–H and O–H groups in total. The molecule has 3 aromatic rings. The average molecular weight is 419 g/mol. The molecule has 160 valence electrons. The molecule has 0 bridgehead atoms. The Hall–Kier alpha value is -3.80. The third kappa shape index (κ3) is 6.60. The highest BCUT2D eigenvalue weighted by atomic mass is 16.6. The van der Waals surface area contributed by atoms with E-state index in [1.165, 1.54) is 0 Å². The molecule has 0 heterocycles. The van der Waals surface area contributed by atoms with Crippen LogP contribution in [0.15, 0.2) is 78.9 Å². The van der Waals surface area contributed by atoms with E-state index in [-0.39, 0.29) is 12.6 Å². The lowest BCUT2D eigenvalue weighted by atomic mass is 9.98. The van der Waals surface area contributed by atoms with Gasteiger partial charge in [-0.1, -0.05) is 54.6 Å². The van der Waals surface area contributed by atoms with Crippen molar-refractivity contribution < 1.29 is 23.8 Å². The lowest BCUT2D eigenvalue weighted by Crippen LogP contribution is -2.33. The van der Waals surface area contributed by atoms with E-state index >= 15 is 0 Å². The summed E-state index contributed by atoms with van der Waals surface area (Å²) >= 11 is 0. The molecule has 0 aromatic heterocycles. The van der Waals surface area contributed by atoms with Crippen molar-refractivity contribution >= 4 is 11.9 Å². The van der Waals surface area contributed by atoms with Gasteiger partial charge in [0.25, 0.3) is 5.91 Å². The molecule has 0 aliphatic heterocycles. The van der Waals surface area contributed by atoms with Gasteiger partial charge in [0, 0.05) is 0 Å². The Morgan fingerprint density at radius 1 is 0.839 bits per heavy atom. The number of esters is 1. The summed E-state index contributed by atoms with van der Waals surface area (Å²) in [6, 6.07) is 24.0. The first-order valence-electron chi connectivity index (χ1n) is 9.88. The summed E-state index contributed by atoms with van der Waals surface area (Å²) in [5.41, 5.74) is 2.82. The van der Waals surface area contributed by atoms with Crippen LogP contribution >= 0.6 is 0 Å². The number of carbonyl (C=O) groups is 2. The standard InChI is InChI=1S/C25H25NO5/c1-18-7-6-10-22(15-18)30-17-24(28)31-16-23(27)26-25(19-8-4-3-5-9-19)20-11-13-21(29-2)14-12-20/h3-15,25H,16-17H2,1-2H3,(H,26,27)/t25-/m0/s1. The Balaban J connectivity index is 1.57. The van der Waals surface area contributed by atoms with E-state index in [1.807, 2.05) is 79.7 Å². The van der Waals surface area contributed by atoms with Crippen LogP contribution in [0.25, 0.3) is 0 Å². The van der Waals surface area contributed by atoms with E-state index in [9.17, 15) is 9.59 Å². The van der Waals surface area contributed by atoms with Crippen LogP contribution in [0.2, 0.25) is 0 Å². The van der Waals surface area contributed by atoms with Crippen LogP contribution < -0.4 is 14.8 Å². The second kappa shape index (κ2) is 10.8. The minimum atomic E-state index is -0.614. The van der Waals surface area contributed by atoms with Gasteiger partial charge in [-0.05, 0) is 47.9 Å². The summed E-state index contributed by atoms with van der Waals surface area (Å²) in [6.45, 7) is 1.27. The number of rotatable bonds is 9. The third-order valence-corrected chi connectivity index (χ3v) is 4.60. The number of carbonyl (C=O) groups excluding carboxylic acids is 2. The molecule has 0 aliphatic carbocycles. The number of nitrogens with one attached hydrogen (secondary N) is 1. The van der Waals surface area contributed by atoms with Crippen LogP contribution in [-0.2, 0) is 14.3 Å². The normalized spacial score (nSPS) is 11.3. The highest BCUT2D eigenvalue weighted by molar-refractivity contribution is 5.81. The molecule has 0 unspecified atom stereocenters. The number of hydrogen-bond donors (Lipinski definition) is 1. The number of methoxy groups -OCH3 is 1. The molecule has 1 amide bonds. The van der Waals surface area contributed by atoms with Crippen molar-refractivity contribution in [3.63, 3.8) is 0 Å². The molecule has 0 spiro atoms. The van der Waals surface area contributed by atoms with Gasteiger partial charge in [-0.25, -0.2) is 4.79 Å². The van der Waals surface area contributed by atoms with Gasteiger partial charge >= 0.3 is 5.97 Å². The van der Waals surface area contributed by atoms with Crippen LogP contribution in [0.4, 0.5) is 0 Å². The zero-order chi connectivity index (χ0) is 22.1. The molecular weight excluding hydrogens is 394 g/mol. The molecule has 31 heavy (non-hydrogen) atoms. The average Bonchev–Trinajstić information content (AvgIpc) is 2.80. The van der Waals surface area contributed by atoms with Crippen molar-refractivity contribution in [3.8, 4) is 11.5 Å². The van der Waals surface area contributed by atoms with Crippen LogP contribution in [0.3, 0.4) is 0 Å². The van der Waals surface area contributed by atoms with Crippen LogP contribution in [-0.4, -0.2) is 32.2 Å². The molecule has 3 aromatic carbocycles. The van der Waals surface area contributed by atoms with Gasteiger partial charge < -0.3 is 19.5 Å². The number of amides is 1. The van der Waals surface area contributed by atoms with E-state index in [2.05, 4.69) is 5.32 Å². The fourth-order valence-corrected chi connectivity index (χ4v) is 3.04. The number of ether oxygens (including phenoxy) is 3. The molecule has 1 atom stereocenters. The first-order chi connectivity index (χ1) is 15.0. The first-order valence-corrected chi connectivity index (χ1v) is 9.88. The first kappa shape index (κ1) is 21.9. The maximum absolute atomic E-state index is 12.5. The van der Waals surface area contributed by atoms with Gasteiger partial charge in [0.1, 0.15) is 11.5 Å². The molecule has 0 saturated heterocycles. The summed E-state index contributed by atoms with van der Waals surface area (Å²) < 4.78 is 15.7. The van der Waals surface area contributed by atoms with Gasteiger partial charge in [0.05, 0.1) is 13.2 Å². The van der Waals surface area contributed by atoms with Crippen molar-refractivity contribution in [2.24, 2.45) is 0 Å². The summed E-state index contributed by atoms with van der Waals surface area (Å²) in [7, 11) is 1.60. The van der Waals surface area contributed by atoms with Crippen molar-refractivity contribution in [1.29, 1.82) is 0 Å². The summed E-state index contributed by atoms with van der Waals surface area (Å²) in [5.74, 6) is 0.278. The number of benzene rings is 3. The predicted molar refractivity (Wildman–Crippen MR) is 117 cm³/mol. The topological polar surface area (TPSA) is 73.9 Å². The Labute approximate surface area is 181 Å². The lowest BCUT2D eigenvalue weighted by Gasteiger charge is -2.20. The van der Waals surface area contributed by atoms with Crippen molar-refractivity contribution in [2.45, 2.75) is 13.0 Å². The van der Waals surface area contributed by atoms with Gasteiger partial charge in [0.2, 0.25) is 0 Å². The second-order valence-electron chi connectivity index (χ2n) is 6.95. The molecule has 6 heteroatoms. The molecule has 6 nitrogen and oxygen atoms in total. The Kier molecular flexibility index (Phi) is 7.65. The maximum atomic E-state index is 12.5. The molecule has 3 rings (SSSR count). The smallest absolute Gasteiger partial charge is 0.344 e. The summed E-state index contributed by atoms with van der Waals surface area (Å²) in [5, 5.41) is 2.93. The predicted octanol–water partition coefficient (Wildman–Crippen LogP) is 3.83. The lowest BCUT2D eigenvalue weighted by molar-refractivity contribution is -0.150. The Morgan fingerprint density at radius 3 is 2.23 bits per heavy atom. The minimum absolute atomic E-state index is 0.267. The van der Waals surface area contributed by atoms with E-state index in [0.29, 0.717) is 5.75 Å². The zero-order valence-corrected chi connectivity index (χ0v) is 17.5. The highest BCUT2D eigenvalue weighted by Crippen LogP contribution is 2.24. The zero-order valence-electron chi connectivity index (χ0n) is 17.5. The Bertz CT molecular complexity index is 1000. The molecule has 0 saturated carbocycles. The second-order valence-corrected chi connectivity index (χ2v) is 6.95. The van der Waals surface area contributed by atoms with E-state index in [1.54, 1.807) is 13.2 Å². The van der Waals surface area contributed by atoms with Crippen molar-refractivity contribution in [2.75, 3.05) is 20.3 Å². The molecule has 0 fully saturated rings. The van der Waals surface area contributed by atoms with Gasteiger partial charge in [0.15, 0.2) is 13.2 Å². The summed E-state index contributed by atoms with van der Waals surface area (Å²) in [4.78, 5) is 24.5. The van der Waals surface area contributed by atoms with E-state index in [0.717, 1.165) is 22.4 Å². The fraction of sp³-hybridized carbons (Fsp3) is 0.200. The fourth-order valence-electron chi connectivity index (χ4n) is 3.04. The van der Waals surface area contributed by atoms with Crippen LogP contribution in [0.1, 0.15) is 22.7 Å². The largest absolute Gasteiger partial charge is 0.497 e. The van der Waals surface area contributed by atoms with Gasteiger partial charge in [-0.15, -0.1) is 0 Å². The summed E-state index contributed by atoms with van der Waals surface area (Å²) in [6.07, 6.45) is 0.